The SMILES string of the molecule is CCC(CCO)CNc1cccc(F)c1C(=O)O. The first-order valence-electron chi connectivity index (χ1n) is 5.96. The van der Waals surface area contributed by atoms with Crippen molar-refractivity contribution >= 4 is 11.7 Å². The van der Waals surface area contributed by atoms with Crippen molar-refractivity contribution in [2.24, 2.45) is 5.92 Å². The van der Waals surface area contributed by atoms with E-state index in [4.69, 9.17) is 10.2 Å². The molecule has 0 amide bonds. The largest absolute Gasteiger partial charge is 0.478 e. The van der Waals surface area contributed by atoms with Crippen molar-refractivity contribution in [3.8, 4) is 0 Å². The van der Waals surface area contributed by atoms with Gasteiger partial charge >= 0.3 is 5.97 Å². The van der Waals surface area contributed by atoms with Crippen molar-refractivity contribution in [2.75, 3.05) is 18.5 Å². The first-order valence-corrected chi connectivity index (χ1v) is 5.96. The van der Waals surface area contributed by atoms with E-state index in [1.165, 1.54) is 12.1 Å². The number of aliphatic hydroxyl groups excluding tert-OH is 1. The van der Waals surface area contributed by atoms with Gasteiger partial charge in [0.15, 0.2) is 0 Å². The maximum Gasteiger partial charge on any atom is 0.340 e. The number of aliphatic hydroxyl groups is 1. The smallest absolute Gasteiger partial charge is 0.340 e. The summed E-state index contributed by atoms with van der Waals surface area (Å²) >= 11 is 0. The minimum absolute atomic E-state index is 0.0924. The molecule has 5 heteroatoms. The van der Waals surface area contributed by atoms with Crippen molar-refractivity contribution in [3.05, 3.63) is 29.6 Å². The van der Waals surface area contributed by atoms with Crippen molar-refractivity contribution in [2.45, 2.75) is 19.8 Å². The van der Waals surface area contributed by atoms with Gasteiger partial charge in [0.25, 0.3) is 0 Å². The topological polar surface area (TPSA) is 69.6 Å². The van der Waals surface area contributed by atoms with Gasteiger partial charge in [0.2, 0.25) is 0 Å². The minimum Gasteiger partial charge on any atom is -0.478 e. The number of benzene rings is 1. The summed E-state index contributed by atoms with van der Waals surface area (Å²) < 4.78 is 13.4. The van der Waals surface area contributed by atoms with E-state index in [1.54, 1.807) is 0 Å². The summed E-state index contributed by atoms with van der Waals surface area (Å²) in [5, 5.41) is 20.8. The van der Waals surface area contributed by atoms with E-state index >= 15 is 0 Å². The Balaban J connectivity index is 2.78. The van der Waals surface area contributed by atoms with Gasteiger partial charge in [-0.3, -0.25) is 0 Å². The molecule has 0 bridgehead atoms. The van der Waals surface area contributed by atoms with E-state index in [1.807, 2.05) is 6.92 Å². The predicted octanol–water partition coefficient (Wildman–Crippen LogP) is 2.34. The highest BCUT2D eigenvalue weighted by Gasteiger charge is 2.16. The van der Waals surface area contributed by atoms with E-state index in [9.17, 15) is 9.18 Å². The third kappa shape index (κ3) is 3.70. The third-order valence-corrected chi connectivity index (χ3v) is 2.92. The number of hydrogen-bond donors (Lipinski definition) is 3. The van der Waals surface area contributed by atoms with Crippen LogP contribution in [0, 0.1) is 11.7 Å². The van der Waals surface area contributed by atoms with Crippen LogP contribution >= 0.6 is 0 Å². The normalized spacial score (nSPS) is 12.2. The molecule has 0 spiro atoms. The van der Waals surface area contributed by atoms with Gasteiger partial charge in [-0.1, -0.05) is 19.4 Å². The summed E-state index contributed by atoms with van der Waals surface area (Å²) in [6.07, 6.45) is 1.51. The van der Waals surface area contributed by atoms with E-state index < -0.39 is 11.8 Å². The third-order valence-electron chi connectivity index (χ3n) is 2.92. The molecule has 0 aromatic heterocycles. The molecule has 0 fully saturated rings. The van der Waals surface area contributed by atoms with E-state index in [2.05, 4.69) is 5.32 Å². The van der Waals surface area contributed by atoms with E-state index in [0.717, 1.165) is 12.5 Å². The first kappa shape index (κ1) is 14.4. The second-order valence-corrected chi connectivity index (χ2v) is 4.14. The summed E-state index contributed by atoms with van der Waals surface area (Å²) in [4.78, 5) is 11.0. The van der Waals surface area contributed by atoms with Crippen LogP contribution in [0.25, 0.3) is 0 Å². The van der Waals surface area contributed by atoms with Crippen LogP contribution in [0.5, 0.6) is 0 Å². The summed E-state index contributed by atoms with van der Waals surface area (Å²) in [6, 6.07) is 4.13. The second kappa shape index (κ2) is 6.96. The Morgan fingerprint density at radius 1 is 1.50 bits per heavy atom. The summed E-state index contributed by atoms with van der Waals surface area (Å²) in [7, 11) is 0. The monoisotopic (exact) mass is 255 g/mol. The van der Waals surface area contributed by atoms with Crippen LogP contribution in [0.1, 0.15) is 30.1 Å². The summed E-state index contributed by atoms with van der Waals surface area (Å²) in [5.41, 5.74) is -0.0600. The second-order valence-electron chi connectivity index (χ2n) is 4.14. The Hall–Kier alpha value is -1.62. The van der Waals surface area contributed by atoms with Crippen LogP contribution in [0.2, 0.25) is 0 Å². The molecule has 0 aliphatic heterocycles. The number of hydrogen-bond acceptors (Lipinski definition) is 3. The molecule has 3 N–H and O–H groups in total. The molecule has 1 aromatic carbocycles. The Bertz CT molecular complexity index is 409. The van der Waals surface area contributed by atoms with Crippen LogP contribution in [0.3, 0.4) is 0 Å². The highest BCUT2D eigenvalue weighted by molar-refractivity contribution is 5.94. The number of rotatable bonds is 7. The number of carboxylic acids is 1. The van der Waals surface area contributed by atoms with Gasteiger partial charge in [-0.05, 0) is 24.5 Å². The van der Waals surface area contributed by atoms with Crippen molar-refractivity contribution in [1.82, 2.24) is 0 Å². The number of carboxylic acid groups (broad SMARTS) is 1. The fourth-order valence-electron chi connectivity index (χ4n) is 1.78. The number of nitrogens with one attached hydrogen (secondary N) is 1. The van der Waals surface area contributed by atoms with E-state index in [-0.39, 0.29) is 23.8 Å². The van der Waals surface area contributed by atoms with Crippen LogP contribution < -0.4 is 5.32 Å². The molecule has 1 unspecified atom stereocenters. The number of aromatic carboxylic acids is 1. The molecule has 4 nitrogen and oxygen atoms in total. The minimum atomic E-state index is -1.29. The average Bonchev–Trinajstić information content (AvgIpc) is 2.33. The molecule has 18 heavy (non-hydrogen) atoms. The van der Waals surface area contributed by atoms with Gasteiger partial charge in [0.1, 0.15) is 11.4 Å². The van der Waals surface area contributed by atoms with Crippen LogP contribution in [0.4, 0.5) is 10.1 Å². The quantitative estimate of drug-likeness (QED) is 0.699. The van der Waals surface area contributed by atoms with Gasteiger partial charge in [0.05, 0.1) is 5.69 Å². The van der Waals surface area contributed by atoms with Crippen molar-refractivity contribution < 1.29 is 19.4 Å². The summed E-state index contributed by atoms with van der Waals surface area (Å²) in [6.45, 7) is 2.60. The summed E-state index contributed by atoms with van der Waals surface area (Å²) in [5.74, 6) is -1.80. The molecule has 0 aliphatic rings. The van der Waals surface area contributed by atoms with Crippen molar-refractivity contribution in [3.63, 3.8) is 0 Å². The highest BCUT2D eigenvalue weighted by atomic mass is 19.1. The molecule has 1 rings (SSSR count). The zero-order valence-corrected chi connectivity index (χ0v) is 10.3. The molecule has 0 saturated carbocycles. The lowest BCUT2D eigenvalue weighted by atomic mass is 10.0. The molecule has 100 valence electrons. The van der Waals surface area contributed by atoms with E-state index in [0.29, 0.717) is 13.0 Å². The first-order chi connectivity index (χ1) is 8.60. The highest BCUT2D eigenvalue weighted by Crippen LogP contribution is 2.20. The Kier molecular flexibility index (Phi) is 5.58. The fraction of sp³-hybridized carbons (Fsp3) is 0.462. The predicted molar refractivity (Wildman–Crippen MR) is 67.3 cm³/mol. The molecular formula is C13H18FNO3. The number of carbonyl (C=O) groups is 1. The van der Waals surface area contributed by atoms with Crippen LogP contribution in [-0.4, -0.2) is 29.3 Å². The Morgan fingerprint density at radius 3 is 2.78 bits per heavy atom. The van der Waals surface area contributed by atoms with Crippen LogP contribution in [-0.2, 0) is 0 Å². The standard InChI is InChI=1S/C13H18FNO3/c1-2-9(6-7-16)8-15-11-5-3-4-10(14)12(11)13(17)18/h3-5,9,15-16H,2,6-8H2,1H3,(H,17,18). The lowest BCUT2D eigenvalue weighted by molar-refractivity contribution is 0.0693. The maximum atomic E-state index is 13.4. The average molecular weight is 255 g/mol. The lowest BCUT2D eigenvalue weighted by Crippen LogP contribution is -2.17. The maximum absolute atomic E-state index is 13.4. The Labute approximate surface area is 105 Å². The molecule has 1 atom stereocenters. The zero-order valence-electron chi connectivity index (χ0n) is 10.3. The van der Waals surface area contributed by atoms with Gasteiger partial charge in [-0.15, -0.1) is 0 Å². The molecule has 0 saturated heterocycles. The Morgan fingerprint density at radius 2 is 2.22 bits per heavy atom. The van der Waals surface area contributed by atoms with Crippen LogP contribution in [0.15, 0.2) is 18.2 Å². The number of anilines is 1. The van der Waals surface area contributed by atoms with Gasteiger partial charge in [0, 0.05) is 13.2 Å². The fourth-order valence-corrected chi connectivity index (χ4v) is 1.78. The number of halogens is 1. The van der Waals surface area contributed by atoms with Gasteiger partial charge in [-0.2, -0.15) is 0 Å². The molecule has 0 aliphatic carbocycles. The molecule has 0 heterocycles. The molecule has 1 aromatic rings. The molecular weight excluding hydrogens is 237 g/mol. The van der Waals surface area contributed by atoms with Gasteiger partial charge in [-0.25, -0.2) is 9.18 Å². The molecule has 0 radical (unpaired) electrons. The van der Waals surface area contributed by atoms with Crippen molar-refractivity contribution in [1.29, 1.82) is 0 Å². The van der Waals surface area contributed by atoms with Gasteiger partial charge < -0.3 is 15.5 Å². The lowest BCUT2D eigenvalue weighted by Gasteiger charge is -2.16. The zero-order chi connectivity index (χ0) is 13.5.